The number of methoxy groups -OCH3 is 2. The number of carbonyl (C=O) groups is 2. The molecule has 1 aliphatic rings. The van der Waals surface area contributed by atoms with E-state index in [0.29, 0.717) is 30.8 Å². The topological polar surface area (TPSA) is 126 Å². The second-order valence-electron chi connectivity index (χ2n) is 8.42. The Morgan fingerprint density at radius 1 is 1.16 bits per heavy atom. The largest absolute Gasteiger partial charge is 2.00 e. The van der Waals surface area contributed by atoms with Crippen LogP contribution in [0.3, 0.4) is 0 Å². The molecule has 1 amide bonds. The quantitative estimate of drug-likeness (QED) is 0.144. The number of carboxylic acid groups (broad SMARTS) is 1. The van der Waals surface area contributed by atoms with Gasteiger partial charge in [0.15, 0.2) is 0 Å². The Morgan fingerprint density at radius 2 is 1.95 bits per heavy atom. The Labute approximate surface area is 235 Å². The Morgan fingerprint density at radius 3 is 2.68 bits per heavy atom. The van der Waals surface area contributed by atoms with Gasteiger partial charge in [-0.15, -0.1) is 10.7 Å². The van der Waals surface area contributed by atoms with E-state index in [0.717, 1.165) is 22.8 Å². The van der Waals surface area contributed by atoms with Crippen molar-refractivity contribution in [3.8, 4) is 0 Å². The van der Waals surface area contributed by atoms with Gasteiger partial charge in [-0.2, -0.15) is 5.10 Å². The van der Waals surface area contributed by atoms with Crippen LogP contribution < -0.4 is 5.32 Å². The molecule has 38 heavy (non-hydrogen) atoms. The van der Waals surface area contributed by atoms with Gasteiger partial charge in [-0.05, 0) is 34.9 Å². The van der Waals surface area contributed by atoms with Crippen LogP contribution in [0.15, 0.2) is 59.4 Å². The van der Waals surface area contributed by atoms with Crippen LogP contribution in [0.2, 0.25) is 0 Å². The second kappa shape index (κ2) is 13.8. The summed E-state index contributed by atoms with van der Waals surface area (Å²) in [6.07, 6.45) is 6.62. The molecule has 3 aromatic rings. The number of aliphatic imine (C=N–C) groups is 1. The Bertz CT molecular complexity index is 1340. The van der Waals surface area contributed by atoms with E-state index in [2.05, 4.69) is 32.9 Å². The molecule has 4 rings (SSSR count). The van der Waals surface area contributed by atoms with Crippen molar-refractivity contribution in [3.05, 3.63) is 83.1 Å². The van der Waals surface area contributed by atoms with Crippen LogP contribution >= 0.6 is 0 Å². The fourth-order valence-electron chi connectivity index (χ4n) is 4.11. The van der Waals surface area contributed by atoms with Crippen molar-refractivity contribution in [2.75, 3.05) is 33.9 Å². The van der Waals surface area contributed by atoms with E-state index in [4.69, 9.17) is 14.6 Å². The predicted octanol–water partition coefficient (Wildman–Crippen LogP) is 2.30. The van der Waals surface area contributed by atoms with Gasteiger partial charge in [0.1, 0.15) is 5.69 Å². The summed E-state index contributed by atoms with van der Waals surface area (Å²) < 4.78 is 10.5. The standard InChI is InChI=1S/C27H27N5O5.W/c1-36-21-10-11-32(17-21)27(35)23-13-20(12-19-8-5-7-18-6-3-4-9-22(18)19)24(31-30-23)14-29-25(37-2)15-28-16-26(33)34;/h3-9,13,21,28H,10-12,16-17H2,1-2H3,(H,33,34);/q-2;+2. The third-order valence-electron chi connectivity index (χ3n) is 6.01. The van der Waals surface area contributed by atoms with E-state index in [9.17, 15) is 9.59 Å². The van der Waals surface area contributed by atoms with Crippen LogP contribution in [-0.4, -0.2) is 78.3 Å². The molecule has 2 heterocycles. The third-order valence-corrected chi connectivity index (χ3v) is 6.01. The summed E-state index contributed by atoms with van der Waals surface area (Å²) in [5, 5.41) is 21.9. The smallest absolute Gasteiger partial charge is 0.570 e. The van der Waals surface area contributed by atoms with E-state index >= 15 is 0 Å². The Balaban J connectivity index is 0.00000400. The van der Waals surface area contributed by atoms with Crippen molar-refractivity contribution >= 4 is 28.9 Å². The molecule has 0 saturated carbocycles. The number of aromatic nitrogens is 2. The van der Waals surface area contributed by atoms with Crippen molar-refractivity contribution < 1.29 is 45.2 Å². The summed E-state index contributed by atoms with van der Waals surface area (Å²) in [6.45, 7) is 0.756. The summed E-state index contributed by atoms with van der Waals surface area (Å²) in [7, 11) is 3.02. The van der Waals surface area contributed by atoms with Gasteiger partial charge in [-0.3, -0.25) is 9.59 Å². The molecular formula is C27H27N5O5W. The first-order valence-electron chi connectivity index (χ1n) is 11.7. The van der Waals surface area contributed by atoms with Crippen LogP contribution in [0, 0.1) is 6.20 Å². The molecule has 1 saturated heterocycles. The van der Waals surface area contributed by atoms with Crippen molar-refractivity contribution in [1.82, 2.24) is 20.4 Å². The summed E-state index contributed by atoms with van der Waals surface area (Å²) in [4.78, 5) is 29.7. The first-order valence-corrected chi connectivity index (χ1v) is 11.7. The maximum Gasteiger partial charge on any atom is 2.00 e. The van der Waals surface area contributed by atoms with E-state index in [1.54, 1.807) is 18.1 Å². The van der Waals surface area contributed by atoms with Crippen molar-refractivity contribution in [2.45, 2.75) is 18.9 Å². The van der Waals surface area contributed by atoms with Crippen LogP contribution in [-0.2, 0) is 41.8 Å². The number of rotatable bonds is 10. The van der Waals surface area contributed by atoms with Gasteiger partial charge in [0, 0.05) is 20.2 Å². The van der Waals surface area contributed by atoms with Crippen LogP contribution in [0.4, 0.5) is 0 Å². The van der Waals surface area contributed by atoms with E-state index in [1.807, 2.05) is 42.5 Å². The molecule has 0 radical (unpaired) electrons. The average molecular weight is 685 g/mol. The molecular weight excluding hydrogens is 658 g/mol. The van der Waals surface area contributed by atoms with Crippen molar-refractivity contribution in [1.29, 1.82) is 0 Å². The summed E-state index contributed by atoms with van der Waals surface area (Å²) >= 11 is 0. The SMILES string of the molecule is COC(=[C-]NCC(=O)O)N=[C-]c1nnc(C(=O)N2CCC(OC)C2)cc1Cc1cccc2ccccc12.[W+2]. The normalized spacial score (nSPS) is 15.5. The first-order chi connectivity index (χ1) is 18.0. The number of nitrogens with one attached hydrogen (secondary N) is 1. The Kier molecular flexibility index (Phi) is 10.5. The number of nitrogens with zero attached hydrogens (tertiary/aromatic N) is 4. The molecule has 1 fully saturated rings. The van der Waals surface area contributed by atoms with Gasteiger partial charge in [0.2, 0.25) is 0 Å². The molecule has 0 bridgehead atoms. The number of ether oxygens (including phenoxy) is 2. The van der Waals surface area contributed by atoms with Crippen molar-refractivity contribution in [3.63, 3.8) is 0 Å². The number of hydrogen-bond acceptors (Lipinski definition) is 8. The van der Waals surface area contributed by atoms with Gasteiger partial charge in [0.05, 0.1) is 19.8 Å². The molecule has 10 nitrogen and oxygen atoms in total. The monoisotopic (exact) mass is 685 g/mol. The average Bonchev–Trinajstić information content (AvgIpc) is 3.40. The van der Waals surface area contributed by atoms with E-state index in [1.165, 1.54) is 7.11 Å². The fourth-order valence-corrected chi connectivity index (χ4v) is 4.11. The fraction of sp³-hybridized carbons (Fsp3) is 0.296. The van der Waals surface area contributed by atoms with Gasteiger partial charge < -0.3 is 36.0 Å². The first kappa shape index (κ1) is 28.9. The predicted molar refractivity (Wildman–Crippen MR) is 136 cm³/mol. The molecule has 0 aliphatic carbocycles. The zero-order chi connectivity index (χ0) is 26.2. The molecule has 1 atom stereocenters. The molecule has 196 valence electrons. The van der Waals surface area contributed by atoms with Crippen LogP contribution in [0.1, 0.15) is 33.7 Å². The van der Waals surface area contributed by atoms with Crippen molar-refractivity contribution in [2.24, 2.45) is 4.99 Å². The van der Waals surface area contributed by atoms with Crippen LogP contribution in [0.5, 0.6) is 0 Å². The molecule has 11 heteroatoms. The molecule has 1 aliphatic heterocycles. The number of aliphatic carboxylic acids is 1. The minimum absolute atomic E-state index is 0. The number of likely N-dealkylation sites (tertiary alicyclic amines) is 1. The van der Waals surface area contributed by atoms with Gasteiger partial charge in [-0.25, -0.2) is 0 Å². The number of fused-ring (bicyclic) bond motifs is 1. The minimum Gasteiger partial charge on any atom is -0.570 e. The van der Waals surface area contributed by atoms with Gasteiger partial charge in [0.25, 0.3) is 5.91 Å². The zero-order valence-electron chi connectivity index (χ0n) is 21.0. The van der Waals surface area contributed by atoms with Crippen LogP contribution in [0.25, 0.3) is 10.8 Å². The van der Waals surface area contributed by atoms with E-state index in [-0.39, 0.29) is 51.2 Å². The van der Waals surface area contributed by atoms with Gasteiger partial charge in [-0.1, -0.05) is 60.6 Å². The summed E-state index contributed by atoms with van der Waals surface area (Å²) in [5.41, 5.74) is 2.31. The third kappa shape index (κ3) is 7.24. The number of carbonyl (C=O) groups excluding carboxylic acids is 1. The van der Waals surface area contributed by atoms with Gasteiger partial charge >= 0.3 is 27.0 Å². The molecule has 2 N–H and O–H groups in total. The molecule has 1 unspecified atom stereocenters. The molecule has 2 aromatic carbocycles. The Hall–Kier alpha value is -3.62. The second-order valence-corrected chi connectivity index (χ2v) is 8.42. The number of benzene rings is 2. The maximum atomic E-state index is 13.2. The molecule has 1 aromatic heterocycles. The number of hydrogen-bond donors (Lipinski definition) is 2. The van der Waals surface area contributed by atoms with E-state index < -0.39 is 5.97 Å². The maximum absolute atomic E-state index is 13.2. The number of carboxylic acids is 1. The minimum atomic E-state index is -1.05. The summed E-state index contributed by atoms with van der Waals surface area (Å²) in [6, 6.07) is 15.8. The number of amides is 1. The molecule has 0 spiro atoms. The zero-order valence-corrected chi connectivity index (χ0v) is 23.9. The summed E-state index contributed by atoms with van der Waals surface area (Å²) in [5.74, 6) is -1.27.